The quantitative estimate of drug-likeness (QED) is 0.137. The third kappa shape index (κ3) is 11.4. The van der Waals surface area contributed by atoms with Crippen LogP contribution in [0.5, 0.6) is 0 Å². The molecule has 0 saturated heterocycles. The second-order valence-corrected chi connectivity index (χ2v) is 7.76. The second-order valence-electron chi connectivity index (χ2n) is 7.76. The van der Waals surface area contributed by atoms with Gasteiger partial charge in [-0.1, -0.05) is 77.6 Å². The fraction of sp³-hybridized carbons (Fsp3) is 0.905. The highest BCUT2D eigenvalue weighted by molar-refractivity contribution is 5.85. The molecule has 32 heavy (non-hydrogen) atoms. The Morgan fingerprint density at radius 3 is 1.59 bits per heavy atom. The Labute approximate surface area is 184 Å². The van der Waals surface area contributed by atoms with Crippen LogP contribution in [0.1, 0.15) is 90.4 Å². The molecule has 0 aromatic carbocycles. The summed E-state index contributed by atoms with van der Waals surface area (Å²) in [5.41, 5.74) is 0. The van der Waals surface area contributed by atoms with Gasteiger partial charge in [0.25, 0.3) is 5.91 Å². The first kappa shape index (κ1) is 30.4. The normalized spacial score (nSPS) is 12.6. The van der Waals surface area contributed by atoms with Gasteiger partial charge in [-0.2, -0.15) is 30.7 Å². The summed E-state index contributed by atoms with van der Waals surface area (Å²) < 4.78 is 92.5. The Morgan fingerprint density at radius 1 is 0.719 bits per heavy atom. The van der Waals surface area contributed by atoms with Crippen molar-refractivity contribution in [3.05, 3.63) is 0 Å². The fourth-order valence-corrected chi connectivity index (χ4v) is 2.91. The average Bonchev–Trinajstić information content (AvgIpc) is 2.70. The van der Waals surface area contributed by atoms with Crippen molar-refractivity contribution in [3.8, 4) is 0 Å². The van der Waals surface area contributed by atoms with Gasteiger partial charge in [-0.05, 0) is 6.42 Å². The lowest BCUT2D eigenvalue weighted by atomic mass is 10.1. The van der Waals surface area contributed by atoms with Crippen LogP contribution in [0.4, 0.5) is 30.7 Å². The molecule has 1 N–H and O–H groups in total. The van der Waals surface area contributed by atoms with Gasteiger partial charge in [0.1, 0.15) is 0 Å². The lowest BCUT2D eigenvalue weighted by Gasteiger charge is -2.26. The Balaban J connectivity index is 3.78. The minimum atomic E-state index is -6.60. The van der Waals surface area contributed by atoms with Crippen LogP contribution < -0.4 is 5.32 Å². The van der Waals surface area contributed by atoms with Crippen LogP contribution in [0.3, 0.4) is 0 Å². The van der Waals surface area contributed by atoms with Crippen molar-refractivity contribution >= 4 is 11.9 Å². The molecule has 0 spiro atoms. The van der Waals surface area contributed by atoms with Crippen molar-refractivity contribution in [2.24, 2.45) is 0 Å². The molecule has 0 heterocycles. The number of unbranched alkanes of at least 4 members (excludes halogenated alkanes) is 11. The van der Waals surface area contributed by atoms with Crippen molar-refractivity contribution in [2.75, 3.05) is 13.2 Å². The van der Waals surface area contributed by atoms with Gasteiger partial charge in [0.15, 0.2) is 0 Å². The molecule has 0 aromatic heterocycles. The Bertz CT molecular complexity index is 540. The van der Waals surface area contributed by atoms with E-state index in [-0.39, 0.29) is 6.61 Å². The summed E-state index contributed by atoms with van der Waals surface area (Å²) in [7, 11) is 0. The van der Waals surface area contributed by atoms with Gasteiger partial charge in [-0.3, -0.25) is 9.59 Å². The topological polar surface area (TPSA) is 55.4 Å². The summed E-state index contributed by atoms with van der Waals surface area (Å²) in [4.78, 5) is 22.5. The largest absolute Gasteiger partial charge is 0.466 e. The van der Waals surface area contributed by atoms with Crippen molar-refractivity contribution in [1.82, 2.24) is 5.32 Å². The molecule has 0 radical (unpaired) electrons. The van der Waals surface area contributed by atoms with E-state index >= 15 is 0 Å². The molecule has 4 nitrogen and oxygen atoms in total. The number of esters is 1. The summed E-state index contributed by atoms with van der Waals surface area (Å²) in [5, 5.41) is 1.21. The molecule has 0 unspecified atom stereocenters. The number of amides is 1. The Morgan fingerprint density at radius 2 is 1.16 bits per heavy atom. The first-order chi connectivity index (χ1) is 14.9. The summed E-state index contributed by atoms with van der Waals surface area (Å²) >= 11 is 0. The van der Waals surface area contributed by atoms with Crippen molar-refractivity contribution in [2.45, 2.75) is 108 Å². The molecular weight excluding hydrogens is 447 g/mol. The zero-order chi connectivity index (χ0) is 24.7. The number of nitrogens with one attached hydrogen (secondary N) is 1. The van der Waals surface area contributed by atoms with Gasteiger partial charge in [0.2, 0.25) is 0 Å². The minimum absolute atomic E-state index is 0.0759. The van der Waals surface area contributed by atoms with E-state index in [1.54, 1.807) is 0 Å². The molecule has 0 bridgehead atoms. The summed E-state index contributed by atoms with van der Waals surface area (Å²) in [6.07, 6.45) is 6.18. The molecular formula is C21H34F7NO3. The number of carbonyl (C=O) groups excluding carboxylic acids is 2. The monoisotopic (exact) mass is 481 g/mol. The minimum Gasteiger partial charge on any atom is -0.466 e. The van der Waals surface area contributed by atoms with Crippen molar-refractivity contribution in [3.63, 3.8) is 0 Å². The first-order valence-corrected chi connectivity index (χ1v) is 11.1. The van der Waals surface area contributed by atoms with Crippen LogP contribution in [-0.2, 0) is 14.3 Å². The van der Waals surface area contributed by atoms with E-state index in [1.807, 2.05) is 0 Å². The van der Waals surface area contributed by atoms with Gasteiger partial charge in [-0.25, -0.2) is 0 Å². The van der Waals surface area contributed by atoms with E-state index < -0.39 is 42.9 Å². The number of hydrogen-bond donors (Lipinski definition) is 1. The fourth-order valence-electron chi connectivity index (χ4n) is 2.91. The molecule has 190 valence electrons. The van der Waals surface area contributed by atoms with E-state index in [2.05, 4.69) is 6.92 Å². The Hall–Kier alpha value is -1.55. The lowest BCUT2D eigenvalue weighted by Crippen LogP contribution is -2.59. The van der Waals surface area contributed by atoms with Gasteiger partial charge in [0, 0.05) is 6.54 Å². The third-order valence-corrected chi connectivity index (χ3v) is 4.91. The third-order valence-electron chi connectivity index (χ3n) is 4.91. The van der Waals surface area contributed by atoms with Crippen LogP contribution >= 0.6 is 0 Å². The summed E-state index contributed by atoms with van der Waals surface area (Å²) in [6.45, 7) is 1.41. The molecule has 0 aliphatic carbocycles. The molecule has 0 aliphatic rings. The number of rotatable bonds is 18. The first-order valence-electron chi connectivity index (χ1n) is 11.1. The molecule has 11 heteroatoms. The molecule has 1 amide bonds. The zero-order valence-electron chi connectivity index (χ0n) is 18.5. The van der Waals surface area contributed by atoms with Crippen LogP contribution in [0.2, 0.25) is 0 Å². The van der Waals surface area contributed by atoms with E-state index in [1.165, 1.54) is 50.3 Å². The van der Waals surface area contributed by atoms with Crippen LogP contribution in [0.25, 0.3) is 0 Å². The maximum Gasteiger partial charge on any atom is 0.460 e. The molecule has 0 aliphatic heterocycles. The van der Waals surface area contributed by atoms with Crippen LogP contribution in [-0.4, -0.2) is 43.0 Å². The van der Waals surface area contributed by atoms with Gasteiger partial charge in [-0.15, -0.1) is 0 Å². The summed E-state index contributed by atoms with van der Waals surface area (Å²) in [6, 6.07) is 0. The van der Waals surface area contributed by atoms with E-state index in [0.29, 0.717) is 6.42 Å². The van der Waals surface area contributed by atoms with Gasteiger partial charge in [0.05, 0.1) is 13.0 Å². The maximum absolute atomic E-state index is 13.1. The lowest BCUT2D eigenvalue weighted by molar-refractivity contribution is -0.344. The SMILES string of the molecule is CCCCCCCCCCCCCCOC(=O)CCNC(=O)C(F)(F)C(F)(F)C(F)(F)F. The maximum atomic E-state index is 13.1. The molecule has 0 saturated carbocycles. The van der Waals surface area contributed by atoms with E-state index in [9.17, 15) is 40.3 Å². The second kappa shape index (κ2) is 15.3. The molecule has 0 aromatic rings. The number of halogens is 7. The van der Waals surface area contributed by atoms with Gasteiger partial charge < -0.3 is 10.1 Å². The predicted molar refractivity (Wildman–Crippen MR) is 106 cm³/mol. The highest BCUT2D eigenvalue weighted by Gasteiger charge is 2.76. The van der Waals surface area contributed by atoms with Crippen molar-refractivity contribution in [1.29, 1.82) is 0 Å². The van der Waals surface area contributed by atoms with Crippen molar-refractivity contribution < 1.29 is 45.1 Å². The Kier molecular flexibility index (Phi) is 14.6. The number of hydrogen-bond acceptors (Lipinski definition) is 3. The van der Waals surface area contributed by atoms with Crippen LogP contribution in [0, 0.1) is 0 Å². The number of alkyl halides is 7. The molecule has 0 rings (SSSR count). The average molecular weight is 481 g/mol. The standard InChI is InChI=1S/C21H34F7NO3/c1-2-3-4-5-6-7-8-9-10-11-12-13-16-32-17(30)14-15-29-18(31)19(22,23)20(24,25)21(26,27)28/h2-16H2,1H3,(H,29,31). The van der Waals surface area contributed by atoms with Crippen LogP contribution in [0.15, 0.2) is 0 Å². The van der Waals surface area contributed by atoms with E-state index in [0.717, 1.165) is 25.7 Å². The highest BCUT2D eigenvalue weighted by Crippen LogP contribution is 2.46. The highest BCUT2D eigenvalue weighted by atomic mass is 19.4. The number of ether oxygens (including phenoxy) is 1. The molecule has 0 fully saturated rings. The zero-order valence-corrected chi connectivity index (χ0v) is 18.5. The smallest absolute Gasteiger partial charge is 0.460 e. The molecule has 0 atom stereocenters. The predicted octanol–water partition coefficient (Wildman–Crippen LogP) is 6.57. The number of carbonyl (C=O) groups is 2. The summed E-state index contributed by atoms with van der Waals surface area (Å²) in [5.74, 6) is -16.2. The van der Waals surface area contributed by atoms with Gasteiger partial charge >= 0.3 is 24.0 Å². The van der Waals surface area contributed by atoms with E-state index in [4.69, 9.17) is 4.74 Å².